The number of aromatic nitrogens is 3. The van der Waals surface area contributed by atoms with E-state index >= 15 is 0 Å². The van der Waals surface area contributed by atoms with Gasteiger partial charge in [-0.3, -0.25) is 14.7 Å². The SMILES string of the molecule is COc1ccc2nc(NC(=O)c3ccccc3N3N=C4C(=CCc5c4no[n+]5[O-])N3[O-])sc2c1. The second-order valence-electron chi connectivity index (χ2n) is 7.35. The fourth-order valence-corrected chi connectivity index (χ4v) is 4.66. The van der Waals surface area contributed by atoms with E-state index in [1.54, 1.807) is 43.5 Å². The van der Waals surface area contributed by atoms with Gasteiger partial charge in [-0.1, -0.05) is 23.5 Å². The van der Waals surface area contributed by atoms with Crippen LogP contribution in [-0.4, -0.2) is 34.0 Å². The number of ether oxygens (including phenoxy) is 1. The molecular weight excluding hydrogens is 462 g/mol. The zero-order valence-corrected chi connectivity index (χ0v) is 18.3. The first kappa shape index (κ1) is 20.1. The molecule has 1 aliphatic carbocycles. The van der Waals surface area contributed by atoms with Crippen molar-refractivity contribution in [2.24, 2.45) is 5.10 Å². The molecule has 0 saturated heterocycles. The molecule has 12 nitrogen and oxygen atoms in total. The molecule has 0 atom stereocenters. The summed E-state index contributed by atoms with van der Waals surface area (Å²) in [5.41, 5.74) is 2.06. The van der Waals surface area contributed by atoms with Gasteiger partial charge in [-0.05, 0) is 41.3 Å². The molecular formula is C21H14N7O5S-. The van der Waals surface area contributed by atoms with E-state index in [4.69, 9.17) is 4.74 Å². The van der Waals surface area contributed by atoms with Gasteiger partial charge in [-0.15, -0.1) is 5.10 Å². The first-order chi connectivity index (χ1) is 16.5. The lowest BCUT2D eigenvalue weighted by Crippen LogP contribution is -2.33. The number of nitrogens with zero attached hydrogens (tertiary/aromatic N) is 6. The Kier molecular flexibility index (Phi) is 4.46. The Morgan fingerprint density at radius 3 is 3.00 bits per heavy atom. The molecule has 3 heterocycles. The third-order valence-corrected chi connectivity index (χ3v) is 6.34. The minimum atomic E-state index is -0.460. The van der Waals surface area contributed by atoms with Crippen molar-refractivity contribution >= 4 is 44.0 Å². The van der Waals surface area contributed by atoms with Gasteiger partial charge in [0.15, 0.2) is 10.8 Å². The van der Waals surface area contributed by atoms with Crippen LogP contribution in [0.2, 0.25) is 0 Å². The molecule has 1 N–H and O–H groups in total. The van der Waals surface area contributed by atoms with Crippen LogP contribution in [0.3, 0.4) is 0 Å². The van der Waals surface area contributed by atoms with Crippen molar-refractivity contribution < 1.29 is 19.1 Å². The molecule has 1 amide bonds. The number of para-hydroxylation sites is 1. The molecule has 2 aromatic carbocycles. The third kappa shape index (κ3) is 3.06. The van der Waals surface area contributed by atoms with Gasteiger partial charge in [0.2, 0.25) is 5.69 Å². The van der Waals surface area contributed by atoms with Crippen LogP contribution in [-0.2, 0) is 6.42 Å². The number of methoxy groups -OCH3 is 1. The van der Waals surface area contributed by atoms with Crippen LogP contribution < -0.4 is 20.1 Å². The number of nitrogens with one attached hydrogen (secondary N) is 1. The Morgan fingerprint density at radius 2 is 2.15 bits per heavy atom. The molecule has 170 valence electrons. The molecule has 2 aliphatic rings. The van der Waals surface area contributed by atoms with Crippen LogP contribution >= 0.6 is 11.3 Å². The minimum absolute atomic E-state index is 0.174. The van der Waals surface area contributed by atoms with Crippen molar-refractivity contribution in [3.63, 3.8) is 0 Å². The summed E-state index contributed by atoms with van der Waals surface area (Å²) in [4.78, 5) is 17.9. The Labute approximate surface area is 195 Å². The number of hydroxylamine groups is 1. The topological polar surface area (TPSA) is 146 Å². The predicted octanol–water partition coefficient (Wildman–Crippen LogP) is 2.56. The zero-order valence-electron chi connectivity index (χ0n) is 17.5. The van der Waals surface area contributed by atoms with Gasteiger partial charge < -0.3 is 20.3 Å². The molecule has 0 fully saturated rings. The van der Waals surface area contributed by atoms with Crippen LogP contribution in [0, 0.1) is 10.4 Å². The van der Waals surface area contributed by atoms with Gasteiger partial charge in [0, 0.05) is 11.6 Å². The number of allylic oxidation sites excluding steroid dienone is 2. The highest BCUT2D eigenvalue weighted by molar-refractivity contribution is 7.22. The van der Waals surface area contributed by atoms with Crippen LogP contribution in [0.1, 0.15) is 21.7 Å². The van der Waals surface area contributed by atoms with Crippen molar-refractivity contribution in [1.82, 2.24) is 15.3 Å². The van der Waals surface area contributed by atoms with Gasteiger partial charge in [0.1, 0.15) is 5.75 Å². The van der Waals surface area contributed by atoms with Crippen molar-refractivity contribution in [2.75, 3.05) is 17.5 Å². The second-order valence-corrected chi connectivity index (χ2v) is 8.38. The van der Waals surface area contributed by atoms with E-state index in [2.05, 4.69) is 25.2 Å². The molecule has 0 bridgehead atoms. The van der Waals surface area contributed by atoms with E-state index in [1.165, 1.54) is 11.3 Å². The summed E-state index contributed by atoms with van der Waals surface area (Å²) in [6.45, 7) is 0. The van der Waals surface area contributed by atoms with Crippen molar-refractivity contribution in [2.45, 2.75) is 6.42 Å². The largest absolute Gasteiger partial charge is 0.737 e. The predicted molar refractivity (Wildman–Crippen MR) is 122 cm³/mol. The Bertz CT molecular complexity index is 1520. The molecule has 6 rings (SSSR count). The highest BCUT2D eigenvalue weighted by atomic mass is 32.1. The van der Waals surface area contributed by atoms with Gasteiger partial charge >= 0.3 is 0 Å². The standard InChI is InChI=1S/C21H14N7O5S/c1-32-11-6-7-13-17(10-11)34-21(22-13)23-20(29)12-4-2-3-5-14(12)26-24-18-15(27(26)30)8-9-16-19(18)25-33-28(16)31/h2-8,10H,9H2,1H3,(H,22,23,29)/q-1. The molecule has 0 saturated carbocycles. The van der Waals surface area contributed by atoms with Gasteiger partial charge in [0.25, 0.3) is 11.6 Å². The number of hydrazone groups is 1. The third-order valence-electron chi connectivity index (χ3n) is 5.41. The molecule has 4 aromatic rings. The van der Waals surface area contributed by atoms with E-state index in [-0.39, 0.29) is 45.4 Å². The summed E-state index contributed by atoms with van der Waals surface area (Å²) in [5.74, 6) is 0.232. The fraction of sp³-hybridized carbons (Fsp3) is 0.0952. The number of carbonyl (C=O) groups excluding carboxylic acids is 1. The van der Waals surface area contributed by atoms with E-state index in [0.29, 0.717) is 16.1 Å². The molecule has 0 unspecified atom stereocenters. The summed E-state index contributed by atoms with van der Waals surface area (Å²) in [6, 6.07) is 12.0. The highest BCUT2D eigenvalue weighted by Crippen LogP contribution is 2.34. The summed E-state index contributed by atoms with van der Waals surface area (Å²) >= 11 is 1.30. The van der Waals surface area contributed by atoms with Crippen molar-refractivity contribution in [3.8, 4) is 5.75 Å². The van der Waals surface area contributed by atoms with E-state index in [1.807, 2.05) is 12.1 Å². The first-order valence-corrected chi connectivity index (χ1v) is 10.9. The van der Waals surface area contributed by atoms with E-state index < -0.39 is 5.91 Å². The first-order valence-electron chi connectivity index (χ1n) is 10.0. The number of thiazole rings is 1. The quantitative estimate of drug-likeness (QED) is 0.439. The summed E-state index contributed by atoms with van der Waals surface area (Å²) in [7, 11) is 1.58. The molecule has 34 heavy (non-hydrogen) atoms. The molecule has 13 heteroatoms. The summed E-state index contributed by atoms with van der Waals surface area (Å²) in [6.07, 6.45) is 1.74. The summed E-state index contributed by atoms with van der Waals surface area (Å²) < 4.78 is 10.7. The number of hydrogen-bond acceptors (Lipinski definition) is 11. The number of benzene rings is 2. The number of carbonyl (C=O) groups is 1. The number of rotatable bonds is 4. The van der Waals surface area contributed by atoms with Crippen LogP contribution in [0.5, 0.6) is 5.75 Å². The second kappa shape index (κ2) is 7.54. The number of hydrazine groups is 1. The van der Waals surface area contributed by atoms with Crippen molar-refractivity contribution in [1.29, 1.82) is 0 Å². The van der Waals surface area contributed by atoms with E-state index in [9.17, 15) is 15.2 Å². The lowest BCUT2D eigenvalue weighted by Gasteiger charge is -2.35. The monoisotopic (exact) mass is 476 g/mol. The number of fused-ring (bicyclic) bond motifs is 4. The Morgan fingerprint density at radius 1 is 1.29 bits per heavy atom. The molecule has 1 aliphatic heterocycles. The fourth-order valence-electron chi connectivity index (χ4n) is 3.78. The summed E-state index contributed by atoms with van der Waals surface area (Å²) in [5, 5.41) is 37.6. The number of amides is 1. The lowest BCUT2D eigenvalue weighted by molar-refractivity contribution is -0.807. The highest BCUT2D eigenvalue weighted by Gasteiger charge is 2.37. The maximum atomic E-state index is 13.2. The van der Waals surface area contributed by atoms with Gasteiger partial charge in [0.05, 0.1) is 34.3 Å². The Hall–Kier alpha value is -4.49. The van der Waals surface area contributed by atoms with Crippen LogP contribution in [0.4, 0.5) is 10.8 Å². The molecule has 2 aromatic heterocycles. The minimum Gasteiger partial charge on any atom is -0.737 e. The molecule has 0 radical (unpaired) electrons. The van der Waals surface area contributed by atoms with Crippen LogP contribution in [0.25, 0.3) is 10.2 Å². The lowest BCUT2D eigenvalue weighted by atomic mass is 10.0. The Balaban J connectivity index is 1.33. The normalized spacial score (nSPS) is 14.5. The molecule has 0 spiro atoms. The maximum absolute atomic E-state index is 13.2. The van der Waals surface area contributed by atoms with Gasteiger partial charge in [-0.25, -0.2) is 4.98 Å². The van der Waals surface area contributed by atoms with E-state index in [0.717, 1.165) is 15.3 Å². The maximum Gasteiger partial charge on any atom is 0.274 e. The van der Waals surface area contributed by atoms with Crippen molar-refractivity contribution in [3.05, 3.63) is 81.6 Å². The van der Waals surface area contributed by atoms with Crippen LogP contribution in [0.15, 0.2) is 64.0 Å². The number of hydrogen-bond donors (Lipinski definition) is 1. The number of anilines is 2. The van der Waals surface area contributed by atoms with Gasteiger partial charge in [-0.2, -0.15) is 5.12 Å². The average molecular weight is 476 g/mol. The smallest absolute Gasteiger partial charge is 0.274 e. The average Bonchev–Trinajstić information content (AvgIpc) is 3.53. The zero-order chi connectivity index (χ0) is 23.4.